The molecule has 1 aliphatic rings. The van der Waals surface area contributed by atoms with E-state index in [0.29, 0.717) is 34.9 Å². The van der Waals surface area contributed by atoms with Gasteiger partial charge in [-0.2, -0.15) is 5.10 Å². The molecule has 11 heteroatoms. The molecule has 214 valence electrons. The molecule has 1 saturated heterocycles. The number of rotatable bonds is 7. The molecule has 0 radical (unpaired) electrons. The van der Waals surface area contributed by atoms with Crippen molar-refractivity contribution in [2.75, 3.05) is 36.1 Å². The van der Waals surface area contributed by atoms with Gasteiger partial charge in [0.1, 0.15) is 29.5 Å². The van der Waals surface area contributed by atoms with Gasteiger partial charge in [0.05, 0.1) is 11.4 Å². The normalized spacial score (nSPS) is 14.5. The summed E-state index contributed by atoms with van der Waals surface area (Å²) in [5.41, 5.74) is 1.74. The molecule has 0 spiro atoms. The van der Waals surface area contributed by atoms with Crippen LogP contribution in [0.25, 0.3) is 5.69 Å². The minimum atomic E-state index is -0.442. The number of aromatic nitrogens is 4. The number of piperidine rings is 1. The summed E-state index contributed by atoms with van der Waals surface area (Å²) in [4.78, 5) is 23.8. The summed E-state index contributed by atoms with van der Waals surface area (Å²) in [6.07, 6.45) is 3.60. The van der Waals surface area contributed by atoms with Crippen molar-refractivity contribution in [3.8, 4) is 17.3 Å². The number of carbonyl (C=O) groups is 1. The number of halogens is 1. The summed E-state index contributed by atoms with van der Waals surface area (Å²) >= 11 is 0. The Bertz CT molecular complexity index is 1470. The molecule has 0 saturated carbocycles. The maximum atomic E-state index is 13.5. The third-order valence-corrected chi connectivity index (χ3v) is 6.84. The predicted octanol–water partition coefficient (Wildman–Crippen LogP) is 6.04. The van der Waals surface area contributed by atoms with E-state index in [4.69, 9.17) is 4.74 Å². The van der Waals surface area contributed by atoms with Crippen LogP contribution in [0, 0.1) is 5.82 Å². The van der Waals surface area contributed by atoms with Gasteiger partial charge in [-0.15, -0.1) is 0 Å². The molecule has 0 bridgehead atoms. The molecule has 10 nitrogen and oxygen atoms in total. The maximum Gasteiger partial charge on any atom is 0.324 e. The molecular formula is C30H35FN8O2. The average molecular weight is 559 g/mol. The Hall–Kier alpha value is -4.51. The number of hydrogen-bond donors (Lipinski definition) is 3. The summed E-state index contributed by atoms with van der Waals surface area (Å²) in [7, 11) is 2.13. The molecule has 5 rings (SSSR count). The molecule has 0 aliphatic carbocycles. The maximum absolute atomic E-state index is 13.5. The number of likely N-dealkylation sites (tertiary alicyclic amines) is 1. The number of amides is 2. The van der Waals surface area contributed by atoms with Crippen molar-refractivity contribution in [1.82, 2.24) is 24.6 Å². The van der Waals surface area contributed by atoms with E-state index >= 15 is 0 Å². The summed E-state index contributed by atoms with van der Waals surface area (Å²) in [5, 5.41) is 13.8. The van der Waals surface area contributed by atoms with Crippen molar-refractivity contribution in [1.29, 1.82) is 0 Å². The number of benzene rings is 2. The minimum absolute atomic E-state index is 0.249. The fourth-order valence-electron chi connectivity index (χ4n) is 4.46. The van der Waals surface area contributed by atoms with Crippen molar-refractivity contribution >= 4 is 23.4 Å². The van der Waals surface area contributed by atoms with E-state index in [1.54, 1.807) is 47.1 Å². The van der Waals surface area contributed by atoms with E-state index in [0.717, 1.165) is 37.4 Å². The van der Waals surface area contributed by atoms with Crippen molar-refractivity contribution < 1.29 is 13.9 Å². The van der Waals surface area contributed by atoms with Crippen LogP contribution in [0.15, 0.2) is 67.0 Å². The lowest BCUT2D eigenvalue weighted by Gasteiger charge is -2.29. The van der Waals surface area contributed by atoms with E-state index < -0.39 is 6.03 Å². The largest absolute Gasteiger partial charge is 0.439 e. The van der Waals surface area contributed by atoms with Crippen LogP contribution in [-0.4, -0.2) is 56.9 Å². The zero-order chi connectivity index (χ0) is 29.0. The van der Waals surface area contributed by atoms with Gasteiger partial charge < -0.3 is 20.3 Å². The molecule has 3 heterocycles. The van der Waals surface area contributed by atoms with Gasteiger partial charge >= 0.3 is 6.03 Å². The fraction of sp³-hybridized carbons (Fsp3) is 0.333. The topological polar surface area (TPSA) is 109 Å². The fourth-order valence-corrected chi connectivity index (χ4v) is 4.46. The average Bonchev–Trinajstić information content (AvgIpc) is 3.36. The molecule has 0 atom stereocenters. The Morgan fingerprint density at radius 2 is 1.68 bits per heavy atom. The van der Waals surface area contributed by atoms with E-state index in [-0.39, 0.29) is 11.2 Å². The van der Waals surface area contributed by atoms with E-state index in [9.17, 15) is 9.18 Å². The van der Waals surface area contributed by atoms with Crippen LogP contribution in [0.2, 0.25) is 0 Å². The molecule has 1 aliphatic heterocycles. The van der Waals surface area contributed by atoms with Gasteiger partial charge in [-0.3, -0.25) is 5.32 Å². The summed E-state index contributed by atoms with van der Waals surface area (Å²) in [6.45, 7) is 8.21. The van der Waals surface area contributed by atoms with Crippen LogP contribution in [0.3, 0.4) is 0 Å². The number of carbonyl (C=O) groups excluding carboxylic acids is 1. The lowest BCUT2D eigenvalue weighted by molar-refractivity contribution is 0.262. The Kier molecular flexibility index (Phi) is 8.16. The van der Waals surface area contributed by atoms with Crippen LogP contribution in [0.5, 0.6) is 11.6 Å². The number of nitrogens with one attached hydrogen (secondary N) is 3. The first-order valence-corrected chi connectivity index (χ1v) is 13.6. The van der Waals surface area contributed by atoms with Gasteiger partial charge in [-0.25, -0.2) is 23.8 Å². The highest BCUT2D eigenvalue weighted by atomic mass is 19.1. The van der Waals surface area contributed by atoms with Crippen molar-refractivity contribution in [3.05, 3.63) is 78.5 Å². The Morgan fingerprint density at radius 1 is 0.976 bits per heavy atom. The highest BCUT2D eigenvalue weighted by Gasteiger charge is 2.22. The second-order valence-electron chi connectivity index (χ2n) is 11.2. The number of anilines is 3. The lowest BCUT2D eigenvalue weighted by Crippen LogP contribution is -2.36. The van der Waals surface area contributed by atoms with Gasteiger partial charge in [-0.1, -0.05) is 20.8 Å². The Labute approximate surface area is 239 Å². The summed E-state index contributed by atoms with van der Waals surface area (Å²) < 4.78 is 21.0. The first-order chi connectivity index (χ1) is 19.6. The molecule has 0 unspecified atom stereocenters. The lowest BCUT2D eigenvalue weighted by atomic mass is 9.92. The second kappa shape index (κ2) is 11.9. The number of ether oxygens (including phenoxy) is 1. The smallest absolute Gasteiger partial charge is 0.324 e. The molecule has 4 aromatic rings. The zero-order valence-electron chi connectivity index (χ0n) is 23.7. The van der Waals surface area contributed by atoms with Crippen LogP contribution in [0.1, 0.15) is 39.3 Å². The third kappa shape index (κ3) is 7.37. The van der Waals surface area contributed by atoms with E-state index in [2.05, 4.69) is 43.0 Å². The van der Waals surface area contributed by atoms with Crippen LogP contribution in [0.4, 0.5) is 26.5 Å². The van der Waals surface area contributed by atoms with Crippen LogP contribution >= 0.6 is 0 Å². The van der Waals surface area contributed by atoms with Gasteiger partial charge in [0.2, 0.25) is 5.88 Å². The number of nitrogens with zero attached hydrogens (tertiary/aromatic N) is 5. The van der Waals surface area contributed by atoms with Gasteiger partial charge in [0, 0.05) is 29.3 Å². The van der Waals surface area contributed by atoms with E-state index in [1.165, 1.54) is 18.5 Å². The van der Waals surface area contributed by atoms with Gasteiger partial charge in [0.25, 0.3) is 0 Å². The highest BCUT2D eigenvalue weighted by molar-refractivity contribution is 5.99. The van der Waals surface area contributed by atoms with Crippen molar-refractivity contribution in [2.24, 2.45) is 0 Å². The summed E-state index contributed by atoms with van der Waals surface area (Å²) in [5.74, 6) is 1.85. The molecule has 2 aromatic heterocycles. The molecule has 41 heavy (non-hydrogen) atoms. The SMILES string of the molecule is CN1CCC(Nc2cc(Oc3ccc(NC(=O)Nc4cc(C(C)(C)C)nn4-c4ccc(F)cc4)cc3)ncn2)CC1. The summed E-state index contributed by atoms with van der Waals surface area (Å²) in [6, 6.07) is 16.5. The molecule has 2 amide bonds. The van der Waals surface area contributed by atoms with E-state index in [1.807, 2.05) is 26.8 Å². The van der Waals surface area contributed by atoms with Gasteiger partial charge in [0.15, 0.2) is 0 Å². The first kappa shape index (κ1) is 28.0. The zero-order valence-corrected chi connectivity index (χ0v) is 23.7. The molecule has 1 fully saturated rings. The second-order valence-corrected chi connectivity index (χ2v) is 11.2. The quantitative estimate of drug-likeness (QED) is 0.254. The molecular weight excluding hydrogens is 523 g/mol. The van der Waals surface area contributed by atoms with Gasteiger partial charge in [-0.05, 0) is 81.5 Å². The minimum Gasteiger partial charge on any atom is -0.439 e. The number of urea groups is 1. The Balaban J connectivity index is 1.21. The predicted molar refractivity (Wildman–Crippen MR) is 158 cm³/mol. The van der Waals surface area contributed by atoms with Crippen LogP contribution in [-0.2, 0) is 5.41 Å². The molecule has 3 N–H and O–H groups in total. The number of hydrogen-bond acceptors (Lipinski definition) is 7. The van der Waals surface area contributed by atoms with Crippen molar-refractivity contribution in [2.45, 2.75) is 45.1 Å². The highest BCUT2D eigenvalue weighted by Crippen LogP contribution is 2.27. The van der Waals surface area contributed by atoms with Crippen molar-refractivity contribution in [3.63, 3.8) is 0 Å². The first-order valence-electron chi connectivity index (χ1n) is 13.6. The molecule has 2 aromatic carbocycles. The third-order valence-electron chi connectivity index (χ3n) is 6.84. The van der Waals surface area contributed by atoms with Crippen LogP contribution < -0.4 is 20.7 Å². The standard InChI is InChI=1S/C30H35FN8O2/c1-30(2,3)25-17-27(39(37-25)23-9-5-20(31)6-10-23)36-29(40)35-21-7-11-24(12-8-21)41-28-18-26(32-19-33-28)34-22-13-15-38(4)16-14-22/h5-12,17-19,22H,13-16H2,1-4H3,(H,32,33,34)(H2,35,36,40). The monoisotopic (exact) mass is 558 g/mol. The Morgan fingerprint density at radius 3 is 2.37 bits per heavy atom.